The number of carboxylic acids is 1. The Hall–Kier alpha value is -1.41. The van der Waals surface area contributed by atoms with Gasteiger partial charge < -0.3 is 9.63 Å². The van der Waals surface area contributed by atoms with Crippen LogP contribution in [0.3, 0.4) is 0 Å². The number of aryl methyl sites for hydroxylation is 1. The third-order valence-electron chi connectivity index (χ3n) is 2.29. The molecule has 0 spiro atoms. The Morgan fingerprint density at radius 2 is 2.24 bits per heavy atom. The Balaban J connectivity index is 2.83. The van der Waals surface area contributed by atoms with Gasteiger partial charge in [-0.3, -0.25) is 4.79 Å². The molecule has 1 atom stereocenters. The van der Waals surface area contributed by atoms with E-state index in [-0.39, 0.29) is 6.54 Å². The second kappa shape index (κ2) is 4.84. The lowest BCUT2D eigenvalue weighted by molar-refractivity contribution is -0.136. The van der Waals surface area contributed by atoms with Crippen molar-refractivity contribution in [3.8, 4) is 0 Å². The van der Waals surface area contributed by atoms with Crippen molar-refractivity contribution in [3.05, 3.63) is 17.5 Å². The van der Waals surface area contributed by atoms with E-state index in [1.807, 2.05) is 0 Å². The summed E-state index contributed by atoms with van der Waals surface area (Å²) in [5, 5.41) is 10.9. The Morgan fingerprint density at radius 1 is 1.65 bits per heavy atom. The molecular formula is C9H14N2O5S. The third kappa shape index (κ3) is 3.04. The van der Waals surface area contributed by atoms with Crippen LogP contribution in [-0.4, -0.2) is 41.3 Å². The molecule has 0 aliphatic carbocycles. The number of rotatable bonds is 5. The van der Waals surface area contributed by atoms with Crippen molar-refractivity contribution in [1.82, 2.24) is 9.46 Å². The van der Waals surface area contributed by atoms with Crippen LogP contribution in [0.1, 0.15) is 18.4 Å². The molecule has 1 heterocycles. The summed E-state index contributed by atoms with van der Waals surface area (Å²) in [6, 6.07) is 1.59. The van der Waals surface area contributed by atoms with E-state index in [4.69, 9.17) is 9.63 Å². The van der Waals surface area contributed by atoms with Crippen molar-refractivity contribution in [2.24, 2.45) is 0 Å². The SMILES string of the molecule is Cc1cc(CN(C)S(=O)(=O)C(C)C(=O)O)no1. The van der Waals surface area contributed by atoms with E-state index < -0.39 is 21.2 Å². The molecule has 8 heteroatoms. The van der Waals surface area contributed by atoms with Gasteiger partial charge in [-0.2, -0.15) is 4.31 Å². The van der Waals surface area contributed by atoms with Gasteiger partial charge in [0.2, 0.25) is 10.0 Å². The number of carbonyl (C=O) groups is 1. The first-order chi connectivity index (χ1) is 7.75. The highest BCUT2D eigenvalue weighted by Crippen LogP contribution is 2.12. The van der Waals surface area contributed by atoms with Gasteiger partial charge in [0.15, 0.2) is 5.25 Å². The lowest BCUT2D eigenvalue weighted by Gasteiger charge is -2.18. The highest BCUT2D eigenvalue weighted by molar-refractivity contribution is 7.90. The molecule has 17 heavy (non-hydrogen) atoms. The largest absolute Gasteiger partial charge is 0.480 e. The molecule has 0 saturated carbocycles. The second-order valence-corrected chi connectivity index (χ2v) is 6.07. The van der Waals surface area contributed by atoms with Gasteiger partial charge >= 0.3 is 5.97 Å². The molecule has 1 unspecified atom stereocenters. The molecule has 7 nitrogen and oxygen atoms in total. The summed E-state index contributed by atoms with van der Waals surface area (Å²) in [5.41, 5.74) is 0.436. The van der Waals surface area contributed by atoms with Crippen LogP contribution in [0.25, 0.3) is 0 Å². The van der Waals surface area contributed by atoms with E-state index in [2.05, 4.69) is 5.16 Å². The molecule has 0 saturated heterocycles. The number of aliphatic carboxylic acids is 1. The lowest BCUT2D eigenvalue weighted by atomic mass is 10.4. The van der Waals surface area contributed by atoms with Crippen LogP contribution < -0.4 is 0 Å². The minimum absolute atomic E-state index is 0.0166. The maximum absolute atomic E-state index is 11.8. The van der Waals surface area contributed by atoms with Gasteiger partial charge in [-0.1, -0.05) is 5.16 Å². The molecule has 96 valence electrons. The molecule has 0 fully saturated rings. The summed E-state index contributed by atoms with van der Waals surface area (Å²) in [7, 11) is -2.57. The van der Waals surface area contributed by atoms with Crippen LogP contribution in [0.5, 0.6) is 0 Å². The summed E-state index contributed by atoms with van der Waals surface area (Å²) in [6.07, 6.45) is 0. The Morgan fingerprint density at radius 3 is 2.65 bits per heavy atom. The number of hydrogen-bond donors (Lipinski definition) is 1. The summed E-state index contributed by atoms with van der Waals surface area (Å²) in [4.78, 5) is 10.7. The Kier molecular flexibility index (Phi) is 3.89. The quantitative estimate of drug-likeness (QED) is 0.814. The van der Waals surface area contributed by atoms with Crippen molar-refractivity contribution in [2.45, 2.75) is 25.6 Å². The van der Waals surface area contributed by atoms with Crippen molar-refractivity contribution >= 4 is 16.0 Å². The van der Waals surface area contributed by atoms with E-state index in [9.17, 15) is 13.2 Å². The predicted octanol–water partition coefficient (Wildman–Crippen LogP) is 0.218. The van der Waals surface area contributed by atoms with Crippen LogP contribution >= 0.6 is 0 Å². The first-order valence-electron chi connectivity index (χ1n) is 4.85. The standard InChI is InChI=1S/C9H14N2O5S/c1-6-4-8(10-16-6)5-11(3)17(14,15)7(2)9(12)13/h4,7H,5H2,1-3H3,(H,12,13). The number of hydrogen-bond acceptors (Lipinski definition) is 5. The summed E-state index contributed by atoms with van der Waals surface area (Å²) in [6.45, 7) is 2.80. The molecule has 1 aromatic rings. The maximum Gasteiger partial charge on any atom is 0.323 e. The molecule has 0 radical (unpaired) electrons. The summed E-state index contributed by atoms with van der Waals surface area (Å²) in [5.74, 6) is -0.815. The highest BCUT2D eigenvalue weighted by atomic mass is 32.2. The van der Waals surface area contributed by atoms with Crippen molar-refractivity contribution in [1.29, 1.82) is 0 Å². The zero-order valence-electron chi connectivity index (χ0n) is 9.74. The van der Waals surface area contributed by atoms with Crippen molar-refractivity contribution in [2.75, 3.05) is 7.05 Å². The molecule has 0 aromatic carbocycles. The zero-order chi connectivity index (χ0) is 13.2. The van der Waals surface area contributed by atoms with Gasteiger partial charge in [0.05, 0.1) is 12.2 Å². The number of sulfonamides is 1. The van der Waals surface area contributed by atoms with Gasteiger partial charge in [-0.05, 0) is 13.8 Å². The average molecular weight is 262 g/mol. The molecule has 1 aromatic heterocycles. The molecule has 1 rings (SSSR count). The van der Waals surface area contributed by atoms with E-state index in [1.165, 1.54) is 7.05 Å². The van der Waals surface area contributed by atoms with Gasteiger partial charge in [0.1, 0.15) is 5.76 Å². The monoisotopic (exact) mass is 262 g/mol. The smallest absolute Gasteiger partial charge is 0.323 e. The van der Waals surface area contributed by atoms with E-state index in [1.54, 1.807) is 13.0 Å². The highest BCUT2D eigenvalue weighted by Gasteiger charge is 2.31. The molecule has 0 bridgehead atoms. The fraction of sp³-hybridized carbons (Fsp3) is 0.556. The first-order valence-corrected chi connectivity index (χ1v) is 6.35. The van der Waals surface area contributed by atoms with E-state index in [0.29, 0.717) is 11.5 Å². The maximum atomic E-state index is 11.8. The molecule has 1 N–H and O–H groups in total. The van der Waals surface area contributed by atoms with Gasteiger partial charge in [0.25, 0.3) is 0 Å². The van der Waals surface area contributed by atoms with Gasteiger partial charge in [-0.25, -0.2) is 8.42 Å². The summed E-state index contributed by atoms with van der Waals surface area (Å²) < 4.78 is 29.3. The molecule has 0 aliphatic heterocycles. The molecule has 0 amide bonds. The lowest BCUT2D eigenvalue weighted by Crippen LogP contribution is -2.38. The predicted molar refractivity (Wildman–Crippen MR) is 58.7 cm³/mol. The number of nitrogens with zero attached hydrogens (tertiary/aromatic N) is 2. The van der Waals surface area contributed by atoms with Crippen LogP contribution in [0, 0.1) is 6.92 Å². The van der Waals surface area contributed by atoms with E-state index >= 15 is 0 Å². The van der Waals surface area contributed by atoms with Crippen LogP contribution in [0.2, 0.25) is 0 Å². The number of carboxylic acid groups (broad SMARTS) is 1. The topological polar surface area (TPSA) is 101 Å². The van der Waals surface area contributed by atoms with E-state index in [0.717, 1.165) is 11.2 Å². The molecular weight excluding hydrogens is 248 g/mol. The van der Waals surface area contributed by atoms with Crippen molar-refractivity contribution in [3.63, 3.8) is 0 Å². The normalized spacial score (nSPS) is 13.9. The second-order valence-electron chi connectivity index (χ2n) is 3.71. The summed E-state index contributed by atoms with van der Waals surface area (Å²) >= 11 is 0. The number of aromatic nitrogens is 1. The van der Waals surface area contributed by atoms with Gasteiger partial charge in [-0.15, -0.1) is 0 Å². The Bertz CT molecular complexity index is 507. The average Bonchev–Trinajstić information content (AvgIpc) is 2.62. The van der Waals surface area contributed by atoms with Gasteiger partial charge in [0, 0.05) is 13.1 Å². The Labute approximate surface area is 99.1 Å². The fourth-order valence-electron chi connectivity index (χ4n) is 1.21. The van der Waals surface area contributed by atoms with Crippen LogP contribution in [0.15, 0.2) is 10.6 Å². The first kappa shape index (κ1) is 13.7. The minimum Gasteiger partial charge on any atom is -0.480 e. The van der Waals surface area contributed by atoms with Crippen LogP contribution in [0.4, 0.5) is 0 Å². The molecule has 0 aliphatic rings. The zero-order valence-corrected chi connectivity index (χ0v) is 10.6. The van der Waals surface area contributed by atoms with Crippen LogP contribution in [-0.2, 0) is 21.4 Å². The van der Waals surface area contributed by atoms with Crippen molar-refractivity contribution < 1.29 is 22.8 Å². The fourth-order valence-corrected chi connectivity index (χ4v) is 2.31. The minimum atomic E-state index is -3.88. The third-order valence-corrected chi connectivity index (χ3v) is 4.38.